The molecule has 0 bridgehead atoms. The lowest BCUT2D eigenvalue weighted by atomic mass is 10.1. The van der Waals surface area contributed by atoms with Crippen molar-refractivity contribution in [3.05, 3.63) is 89.8 Å². The Bertz CT molecular complexity index is 1140. The monoisotopic (exact) mass is 449 g/mol. The van der Waals surface area contributed by atoms with Gasteiger partial charge in [0.25, 0.3) is 5.91 Å². The van der Waals surface area contributed by atoms with Crippen LogP contribution in [0.25, 0.3) is 6.08 Å². The first-order chi connectivity index (χ1) is 16.0. The number of carbonyl (C=O) groups is 2. The van der Waals surface area contributed by atoms with Gasteiger partial charge in [0, 0.05) is 11.3 Å². The van der Waals surface area contributed by atoms with Crippen LogP contribution in [0, 0.1) is 5.82 Å². The number of allylic oxidation sites excluding steroid dienone is 1. The van der Waals surface area contributed by atoms with E-state index in [1.165, 1.54) is 25.3 Å². The summed E-state index contributed by atoms with van der Waals surface area (Å²) in [5, 5.41) is 2.75. The van der Waals surface area contributed by atoms with Gasteiger partial charge in [0.15, 0.2) is 35.5 Å². The number of nitrogens with one attached hydrogen (secondary N) is 1. The minimum Gasteiger partial charge on any atom is -0.494 e. The van der Waals surface area contributed by atoms with Crippen LogP contribution in [0.2, 0.25) is 0 Å². The summed E-state index contributed by atoms with van der Waals surface area (Å²) in [7, 11) is 1.36. The second kappa shape index (κ2) is 11.5. The average molecular weight is 449 g/mol. The second-order valence-electron chi connectivity index (χ2n) is 6.89. The van der Waals surface area contributed by atoms with Crippen LogP contribution in [-0.2, 0) is 4.79 Å². The standard InChI is InChI=1S/C26H24FNO5/c1-3-32-25-15-18(9-12-22(29)19-11-14-23(31-2)21(27)16-19)10-13-24(25)33-17-26(30)28-20-7-5-4-6-8-20/h4-16H,3,17H2,1-2H3,(H,28,30)/b12-9+. The number of ketones is 1. The lowest BCUT2D eigenvalue weighted by molar-refractivity contribution is -0.118. The maximum atomic E-state index is 13.8. The quantitative estimate of drug-likeness (QED) is 0.342. The zero-order chi connectivity index (χ0) is 23.6. The number of para-hydroxylation sites is 1. The summed E-state index contributed by atoms with van der Waals surface area (Å²) in [5.41, 5.74) is 1.57. The zero-order valence-electron chi connectivity index (χ0n) is 18.3. The Hall–Kier alpha value is -4.13. The topological polar surface area (TPSA) is 73.9 Å². The molecule has 0 heterocycles. The molecule has 0 aliphatic heterocycles. The number of amides is 1. The molecule has 33 heavy (non-hydrogen) atoms. The van der Waals surface area contributed by atoms with Crippen molar-refractivity contribution < 1.29 is 28.2 Å². The van der Waals surface area contributed by atoms with Gasteiger partial charge in [0.05, 0.1) is 13.7 Å². The molecule has 0 saturated heterocycles. The lowest BCUT2D eigenvalue weighted by Crippen LogP contribution is -2.20. The SMILES string of the molecule is CCOc1cc(/C=C/C(=O)c2ccc(OC)c(F)c2)ccc1OCC(=O)Nc1ccccc1. The number of hydrogen-bond acceptors (Lipinski definition) is 5. The van der Waals surface area contributed by atoms with Crippen LogP contribution in [0.3, 0.4) is 0 Å². The maximum absolute atomic E-state index is 13.8. The van der Waals surface area contributed by atoms with Crippen LogP contribution >= 0.6 is 0 Å². The van der Waals surface area contributed by atoms with E-state index in [1.54, 1.807) is 36.4 Å². The van der Waals surface area contributed by atoms with Crippen LogP contribution in [0.1, 0.15) is 22.8 Å². The third-order valence-electron chi connectivity index (χ3n) is 4.55. The summed E-state index contributed by atoms with van der Waals surface area (Å²) >= 11 is 0. The van der Waals surface area contributed by atoms with E-state index in [0.29, 0.717) is 29.4 Å². The molecule has 3 aromatic rings. The second-order valence-corrected chi connectivity index (χ2v) is 6.89. The van der Waals surface area contributed by atoms with Gasteiger partial charge in [-0.2, -0.15) is 0 Å². The van der Waals surface area contributed by atoms with Gasteiger partial charge in [-0.25, -0.2) is 4.39 Å². The van der Waals surface area contributed by atoms with Gasteiger partial charge in [0.2, 0.25) is 0 Å². The smallest absolute Gasteiger partial charge is 0.262 e. The molecule has 0 fully saturated rings. The molecule has 3 aromatic carbocycles. The molecule has 0 spiro atoms. The molecule has 1 N–H and O–H groups in total. The van der Waals surface area contributed by atoms with Gasteiger partial charge in [0.1, 0.15) is 0 Å². The molecule has 0 saturated carbocycles. The Morgan fingerprint density at radius 2 is 1.70 bits per heavy atom. The number of anilines is 1. The average Bonchev–Trinajstić information content (AvgIpc) is 2.82. The van der Waals surface area contributed by atoms with Gasteiger partial charge < -0.3 is 19.5 Å². The number of benzene rings is 3. The molecule has 6 nitrogen and oxygen atoms in total. The normalized spacial score (nSPS) is 10.6. The highest BCUT2D eigenvalue weighted by molar-refractivity contribution is 6.06. The minimum atomic E-state index is -0.604. The highest BCUT2D eigenvalue weighted by Crippen LogP contribution is 2.29. The predicted octanol–water partition coefficient (Wildman–Crippen LogP) is 5.15. The summed E-state index contributed by atoms with van der Waals surface area (Å²) in [6.07, 6.45) is 2.94. The molecular formula is C26H24FNO5. The summed E-state index contributed by atoms with van der Waals surface area (Å²) in [4.78, 5) is 24.5. The Morgan fingerprint density at radius 3 is 2.39 bits per heavy atom. The van der Waals surface area contributed by atoms with Gasteiger partial charge in [-0.05, 0) is 61.0 Å². The van der Waals surface area contributed by atoms with E-state index in [1.807, 2.05) is 25.1 Å². The Labute approximate surface area is 191 Å². The summed E-state index contributed by atoms with van der Waals surface area (Å²) in [5.74, 6) is -0.341. The molecule has 0 aliphatic rings. The summed E-state index contributed by atoms with van der Waals surface area (Å²) < 4.78 is 30.0. The first-order valence-electron chi connectivity index (χ1n) is 10.3. The van der Waals surface area contributed by atoms with Crippen molar-refractivity contribution in [3.8, 4) is 17.2 Å². The van der Waals surface area contributed by atoms with E-state index in [-0.39, 0.29) is 29.6 Å². The number of hydrogen-bond donors (Lipinski definition) is 1. The van der Waals surface area contributed by atoms with Crippen molar-refractivity contribution in [2.24, 2.45) is 0 Å². The van der Waals surface area contributed by atoms with Crippen LogP contribution in [0.5, 0.6) is 17.2 Å². The van der Waals surface area contributed by atoms with Crippen molar-refractivity contribution in [2.45, 2.75) is 6.92 Å². The van der Waals surface area contributed by atoms with Gasteiger partial charge >= 0.3 is 0 Å². The molecule has 0 aromatic heterocycles. The van der Waals surface area contributed by atoms with Gasteiger partial charge in [-0.15, -0.1) is 0 Å². The first kappa shape index (κ1) is 23.5. The van der Waals surface area contributed by atoms with Gasteiger partial charge in [-0.3, -0.25) is 9.59 Å². The molecule has 170 valence electrons. The fraction of sp³-hybridized carbons (Fsp3) is 0.154. The fourth-order valence-corrected chi connectivity index (χ4v) is 2.97. The van der Waals surface area contributed by atoms with Gasteiger partial charge in [-0.1, -0.05) is 30.3 Å². The molecular weight excluding hydrogens is 425 g/mol. The van der Waals surface area contributed by atoms with E-state index in [9.17, 15) is 14.0 Å². The number of halogens is 1. The van der Waals surface area contributed by atoms with Crippen LogP contribution in [-0.4, -0.2) is 32.0 Å². The lowest BCUT2D eigenvalue weighted by Gasteiger charge is -2.12. The largest absolute Gasteiger partial charge is 0.494 e. The number of methoxy groups -OCH3 is 1. The first-order valence-corrected chi connectivity index (χ1v) is 10.3. The third-order valence-corrected chi connectivity index (χ3v) is 4.55. The molecule has 3 rings (SSSR count). The molecule has 1 amide bonds. The highest BCUT2D eigenvalue weighted by atomic mass is 19.1. The van der Waals surface area contributed by atoms with Crippen LogP contribution in [0.15, 0.2) is 72.8 Å². The fourth-order valence-electron chi connectivity index (χ4n) is 2.97. The number of ether oxygens (including phenoxy) is 3. The van der Waals surface area contributed by atoms with Crippen molar-refractivity contribution in [3.63, 3.8) is 0 Å². The van der Waals surface area contributed by atoms with Crippen molar-refractivity contribution in [2.75, 3.05) is 25.6 Å². The molecule has 0 atom stereocenters. The highest BCUT2D eigenvalue weighted by Gasteiger charge is 2.11. The van der Waals surface area contributed by atoms with E-state index in [4.69, 9.17) is 14.2 Å². The maximum Gasteiger partial charge on any atom is 0.262 e. The Morgan fingerprint density at radius 1 is 0.939 bits per heavy atom. The molecule has 0 unspecified atom stereocenters. The zero-order valence-corrected chi connectivity index (χ0v) is 18.3. The Balaban J connectivity index is 1.66. The molecule has 7 heteroatoms. The molecule has 0 aliphatic carbocycles. The predicted molar refractivity (Wildman–Crippen MR) is 124 cm³/mol. The van der Waals surface area contributed by atoms with Crippen molar-refractivity contribution in [1.82, 2.24) is 0 Å². The Kier molecular flexibility index (Phi) is 8.18. The minimum absolute atomic E-state index is 0.0740. The van der Waals surface area contributed by atoms with Crippen molar-refractivity contribution in [1.29, 1.82) is 0 Å². The number of carbonyl (C=O) groups excluding carboxylic acids is 2. The molecule has 0 radical (unpaired) electrons. The van der Waals surface area contributed by atoms with E-state index >= 15 is 0 Å². The summed E-state index contributed by atoms with van der Waals surface area (Å²) in [6, 6.07) is 18.2. The van der Waals surface area contributed by atoms with E-state index in [0.717, 1.165) is 6.07 Å². The van der Waals surface area contributed by atoms with Crippen LogP contribution in [0.4, 0.5) is 10.1 Å². The van der Waals surface area contributed by atoms with Crippen molar-refractivity contribution >= 4 is 23.5 Å². The summed E-state index contributed by atoms with van der Waals surface area (Å²) in [6.45, 7) is 2.03. The van der Waals surface area contributed by atoms with Crippen LogP contribution < -0.4 is 19.5 Å². The number of rotatable bonds is 10. The van der Waals surface area contributed by atoms with E-state index in [2.05, 4.69) is 5.32 Å². The van der Waals surface area contributed by atoms with E-state index < -0.39 is 5.82 Å². The third kappa shape index (κ3) is 6.67.